The van der Waals surface area contributed by atoms with Gasteiger partial charge in [0.25, 0.3) is 0 Å². The highest BCUT2D eigenvalue weighted by Crippen LogP contribution is 2.14. The first-order valence-electron chi connectivity index (χ1n) is 4.83. The average Bonchev–Trinajstić information content (AvgIpc) is 2.11. The number of halogens is 2. The SMILES string of the molecule is C=C(C)CC(N)Cc1cccc(F)c1F. The molecule has 2 N–H and O–H groups in total. The van der Waals surface area contributed by atoms with Crippen molar-refractivity contribution in [1.29, 1.82) is 0 Å². The van der Waals surface area contributed by atoms with E-state index in [2.05, 4.69) is 6.58 Å². The van der Waals surface area contributed by atoms with Gasteiger partial charge in [-0.1, -0.05) is 17.7 Å². The largest absolute Gasteiger partial charge is 0.327 e. The van der Waals surface area contributed by atoms with Crippen LogP contribution in [-0.2, 0) is 6.42 Å². The Labute approximate surface area is 88.6 Å². The van der Waals surface area contributed by atoms with E-state index in [4.69, 9.17) is 5.73 Å². The molecule has 0 aromatic heterocycles. The van der Waals surface area contributed by atoms with Crippen molar-refractivity contribution in [2.45, 2.75) is 25.8 Å². The summed E-state index contributed by atoms with van der Waals surface area (Å²) in [5.74, 6) is -1.62. The highest BCUT2D eigenvalue weighted by molar-refractivity contribution is 5.20. The van der Waals surface area contributed by atoms with Gasteiger partial charge in [-0.3, -0.25) is 0 Å². The molecule has 1 rings (SSSR count). The van der Waals surface area contributed by atoms with Crippen LogP contribution in [0.15, 0.2) is 30.4 Å². The summed E-state index contributed by atoms with van der Waals surface area (Å²) in [5.41, 5.74) is 7.04. The molecule has 0 spiro atoms. The van der Waals surface area contributed by atoms with Crippen molar-refractivity contribution in [3.63, 3.8) is 0 Å². The summed E-state index contributed by atoms with van der Waals surface area (Å²) in [5, 5.41) is 0. The van der Waals surface area contributed by atoms with E-state index in [1.54, 1.807) is 6.07 Å². The Kier molecular flexibility index (Phi) is 3.97. The fraction of sp³-hybridized carbons (Fsp3) is 0.333. The Hall–Kier alpha value is -1.22. The van der Waals surface area contributed by atoms with E-state index in [9.17, 15) is 8.78 Å². The van der Waals surface area contributed by atoms with Gasteiger partial charge in [0.05, 0.1) is 0 Å². The van der Waals surface area contributed by atoms with Crippen LogP contribution in [0.4, 0.5) is 8.78 Å². The lowest BCUT2D eigenvalue weighted by atomic mass is 10.0. The molecule has 1 aromatic carbocycles. The van der Waals surface area contributed by atoms with Crippen LogP contribution >= 0.6 is 0 Å². The van der Waals surface area contributed by atoms with Gasteiger partial charge in [-0.2, -0.15) is 0 Å². The average molecular weight is 211 g/mol. The maximum Gasteiger partial charge on any atom is 0.162 e. The van der Waals surface area contributed by atoms with Crippen LogP contribution in [-0.4, -0.2) is 6.04 Å². The molecule has 0 amide bonds. The molecule has 0 fully saturated rings. The van der Waals surface area contributed by atoms with Crippen molar-refractivity contribution in [3.05, 3.63) is 47.5 Å². The molecule has 15 heavy (non-hydrogen) atoms. The molecule has 0 aliphatic carbocycles. The fourth-order valence-electron chi connectivity index (χ4n) is 1.51. The quantitative estimate of drug-likeness (QED) is 0.761. The lowest BCUT2D eigenvalue weighted by Gasteiger charge is -2.12. The standard InChI is InChI=1S/C12H15F2N/c1-8(2)6-10(15)7-9-4-3-5-11(13)12(9)14/h3-5,10H,1,6-7,15H2,2H3. The van der Waals surface area contributed by atoms with Crippen molar-refractivity contribution in [1.82, 2.24) is 0 Å². The molecule has 0 aliphatic heterocycles. The summed E-state index contributed by atoms with van der Waals surface area (Å²) < 4.78 is 26.1. The van der Waals surface area contributed by atoms with Gasteiger partial charge in [0.15, 0.2) is 11.6 Å². The summed E-state index contributed by atoms with van der Waals surface area (Å²) in [6, 6.07) is 3.93. The molecule has 0 heterocycles. The van der Waals surface area contributed by atoms with E-state index in [1.807, 2.05) is 6.92 Å². The van der Waals surface area contributed by atoms with Crippen molar-refractivity contribution < 1.29 is 8.78 Å². The van der Waals surface area contributed by atoms with Crippen molar-refractivity contribution in [3.8, 4) is 0 Å². The molecule has 3 heteroatoms. The summed E-state index contributed by atoms with van der Waals surface area (Å²) in [6.07, 6.45) is 0.951. The third-order valence-corrected chi connectivity index (χ3v) is 2.12. The molecule has 1 atom stereocenters. The second kappa shape index (κ2) is 5.03. The summed E-state index contributed by atoms with van der Waals surface area (Å²) in [4.78, 5) is 0. The number of rotatable bonds is 4. The van der Waals surface area contributed by atoms with E-state index >= 15 is 0 Å². The van der Waals surface area contributed by atoms with E-state index in [-0.39, 0.29) is 6.04 Å². The topological polar surface area (TPSA) is 26.0 Å². The van der Waals surface area contributed by atoms with Crippen molar-refractivity contribution in [2.24, 2.45) is 5.73 Å². The molecule has 1 unspecified atom stereocenters. The monoisotopic (exact) mass is 211 g/mol. The number of hydrogen-bond donors (Lipinski definition) is 1. The zero-order valence-corrected chi connectivity index (χ0v) is 8.76. The molecule has 1 nitrogen and oxygen atoms in total. The Morgan fingerprint density at radius 1 is 1.47 bits per heavy atom. The first kappa shape index (κ1) is 11.9. The molecule has 0 saturated carbocycles. The molecule has 1 aromatic rings. The van der Waals surface area contributed by atoms with Crippen LogP contribution in [0.5, 0.6) is 0 Å². The van der Waals surface area contributed by atoms with Gasteiger partial charge in [-0.15, -0.1) is 6.58 Å². The van der Waals surface area contributed by atoms with Gasteiger partial charge < -0.3 is 5.73 Å². The van der Waals surface area contributed by atoms with E-state index < -0.39 is 11.6 Å². The summed E-state index contributed by atoms with van der Waals surface area (Å²) in [6.45, 7) is 5.59. The maximum atomic E-state index is 13.2. The van der Waals surface area contributed by atoms with Gasteiger partial charge in [-0.25, -0.2) is 8.78 Å². The molecule has 0 saturated heterocycles. The van der Waals surface area contributed by atoms with Crippen molar-refractivity contribution in [2.75, 3.05) is 0 Å². The van der Waals surface area contributed by atoms with Crippen molar-refractivity contribution >= 4 is 0 Å². The van der Waals surface area contributed by atoms with Gasteiger partial charge >= 0.3 is 0 Å². The Bertz CT molecular complexity index is 361. The minimum absolute atomic E-state index is 0.209. The van der Waals surface area contributed by atoms with Crippen LogP contribution < -0.4 is 5.73 Å². The molecule has 0 bridgehead atoms. The van der Waals surface area contributed by atoms with E-state index in [0.29, 0.717) is 18.4 Å². The highest BCUT2D eigenvalue weighted by Gasteiger charge is 2.11. The zero-order valence-electron chi connectivity index (χ0n) is 8.76. The molecule has 0 aliphatic rings. The van der Waals surface area contributed by atoms with Gasteiger partial charge in [0, 0.05) is 6.04 Å². The first-order valence-corrected chi connectivity index (χ1v) is 4.83. The van der Waals surface area contributed by atoms with Gasteiger partial charge in [0.2, 0.25) is 0 Å². The second-order valence-corrected chi connectivity index (χ2v) is 3.84. The number of hydrogen-bond acceptors (Lipinski definition) is 1. The minimum atomic E-state index is -0.824. The summed E-state index contributed by atoms with van der Waals surface area (Å²) in [7, 11) is 0. The van der Waals surface area contributed by atoms with Crippen LogP contribution in [0.2, 0.25) is 0 Å². The van der Waals surface area contributed by atoms with Crippen LogP contribution in [0, 0.1) is 11.6 Å². The lowest BCUT2D eigenvalue weighted by Crippen LogP contribution is -2.23. The molecule has 0 radical (unpaired) electrons. The number of nitrogens with two attached hydrogens (primary N) is 1. The fourth-order valence-corrected chi connectivity index (χ4v) is 1.51. The van der Waals surface area contributed by atoms with Gasteiger partial charge in [0.1, 0.15) is 0 Å². The molecule has 82 valence electrons. The van der Waals surface area contributed by atoms with E-state index in [0.717, 1.165) is 11.6 Å². The third kappa shape index (κ3) is 3.44. The Morgan fingerprint density at radius 2 is 2.13 bits per heavy atom. The van der Waals surface area contributed by atoms with Crippen LogP contribution in [0.25, 0.3) is 0 Å². The molecular weight excluding hydrogens is 196 g/mol. The first-order chi connectivity index (χ1) is 7.00. The van der Waals surface area contributed by atoms with Crippen LogP contribution in [0.3, 0.4) is 0 Å². The molecular formula is C12H15F2N. The smallest absolute Gasteiger partial charge is 0.162 e. The van der Waals surface area contributed by atoms with Gasteiger partial charge in [-0.05, 0) is 31.4 Å². The Morgan fingerprint density at radius 3 is 2.73 bits per heavy atom. The predicted molar refractivity (Wildman–Crippen MR) is 57.5 cm³/mol. The van der Waals surface area contributed by atoms with E-state index in [1.165, 1.54) is 6.07 Å². The zero-order chi connectivity index (χ0) is 11.4. The predicted octanol–water partition coefficient (Wildman–Crippen LogP) is 2.80. The van der Waals surface area contributed by atoms with Crippen LogP contribution in [0.1, 0.15) is 18.9 Å². The summed E-state index contributed by atoms with van der Waals surface area (Å²) >= 11 is 0. The maximum absolute atomic E-state index is 13.2. The Balaban J connectivity index is 2.72. The highest BCUT2D eigenvalue weighted by atomic mass is 19.2. The normalized spacial score (nSPS) is 12.5. The third-order valence-electron chi connectivity index (χ3n) is 2.12. The minimum Gasteiger partial charge on any atom is -0.327 e. The second-order valence-electron chi connectivity index (χ2n) is 3.84. The lowest BCUT2D eigenvalue weighted by molar-refractivity contribution is 0.492. The number of benzene rings is 1.